The molecule has 2 fully saturated rings. The second-order valence-electron chi connectivity index (χ2n) is 8.00. The summed E-state index contributed by atoms with van der Waals surface area (Å²) < 4.78 is 5.80. The second kappa shape index (κ2) is 7.75. The van der Waals surface area contributed by atoms with Crippen LogP contribution in [0.1, 0.15) is 16.8 Å². The number of likely N-dealkylation sites (tertiary alicyclic amines) is 1. The third-order valence-corrected chi connectivity index (χ3v) is 6.21. The van der Waals surface area contributed by atoms with Gasteiger partial charge in [0.25, 0.3) is 5.91 Å². The van der Waals surface area contributed by atoms with E-state index in [-0.39, 0.29) is 12.0 Å². The van der Waals surface area contributed by atoms with Crippen LogP contribution in [-0.2, 0) is 4.74 Å². The van der Waals surface area contributed by atoms with E-state index in [1.807, 2.05) is 54.6 Å². The molecule has 3 aromatic rings. The molecule has 0 aliphatic carbocycles. The molecule has 2 aliphatic heterocycles. The third kappa shape index (κ3) is 3.66. The van der Waals surface area contributed by atoms with Crippen molar-refractivity contribution >= 4 is 29.3 Å². The van der Waals surface area contributed by atoms with Gasteiger partial charge in [0.05, 0.1) is 13.1 Å². The highest BCUT2D eigenvalue weighted by molar-refractivity contribution is 6.30. The Morgan fingerprint density at radius 3 is 2.39 bits per heavy atom. The number of hydrogen-bond acceptors (Lipinski definition) is 3. The van der Waals surface area contributed by atoms with Crippen LogP contribution in [0.5, 0.6) is 0 Å². The smallest absolute Gasteiger partial charge is 0.415 e. The minimum absolute atomic E-state index is 0.0441. The summed E-state index contributed by atoms with van der Waals surface area (Å²) in [7, 11) is 0. The summed E-state index contributed by atoms with van der Waals surface area (Å²) in [5, 5.41) is 0.612. The normalized spacial score (nSPS) is 20.4. The number of hydrogen-bond donors (Lipinski definition) is 0. The van der Waals surface area contributed by atoms with Crippen molar-refractivity contribution in [1.82, 2.24) is 4.90 Å². The van der Waals surface area contributed by atoms with Crippen LogP contribution in [0.2, 0.25) is 5.02 Å². The van der Waals surface area contributed by atoms with Crippen molar-refractivity contribution in [2.24, 2.45) is 0 Å². The van der Waals surface area contributed by atoms with Gasteiger partial charge in [0, 0.05) is 29.2 Å². The molecule has 1 spiro atoms. The summed E-state index contributed by atoms with van der Waals surface area (Å²) >= 11 is 5.97. The fourth-order valence-electron chi connectivity index (χ4n) is 4.38. The molecule has 5 nitrogen and oxygen atoms in total. The molecular weight excluding hydrogens is 412 g/mol. The first-order chi connectivity index (χ1) is 15.0. The van der Waals surface area contributed by atoms with Crippen LogP contribution in [0.15, 0.2) is 78.9 Å². The molecule has 2 heterocycles. The molecule has 0 N–H and O–H groups in total. The van der Waals surface area contributed by atoms with Gasteiger partial charge in [-0.1, -0.05) is 60.1 Å². The molecule has 2 aliphatic rings. The largest absolute Gasteiger partial charge is 0.439 e. The van der Waals surface area contributed by atoms with E-state index in [9.17, 15) is 9.59 Å². The topological polar surface area (TPSA) is 49.9 Å². The number of amides is 2. The van der Waals surface area contributed by atoms with Gasteiger partial charge >= 0.3 is 6.09 Å². The van der Waals surface area contributed by atoms with Crippen LogP contribution in [0.4, 0.5) is 10.5 Å². The zero-order valence-electron chi connectivity index (χ0n) is 16.8. The average Bonchev–Trinajstić information content (AvgIpc) is 3.36. The van der Waals surface area contributed by atoms with E-state index in [1.165, 1.54) is 0 Å². The van der Waals surface area contributed by atoms with Gasteiger partial charge in [0.15, 0.2) is 5.60 Å². The SMILES string of the molecule is O=C(c1ccccc1-c1ccccc1)N1CC[C@]2(C1)CN(c1ccc(Cl)cc1)C(=O)O2. The number of rotatable bonds is 3. The van der Waals surface area contributed by atoms with Gasteiger partial charge in [-0.25, -0.2) is 4.79 Å². The van der Waals surface area contributed by atoms with Crippen molar-refractivity contribution in [1.29, 1.82) is 0 Å². The van der Waals surface area contributed by atoms with E-state index in [1.54, 1.807) is 34.1 Å². The predicted molar refractivity (Wildman–Crippen MR) is 120 cm³/mol. The molecule has 0 bridgehead atoms. The zero-order chi connectivity index (χ0) is 21.4. The summed E-state index contributed by atoms with van der Waals surface area (Å²) in [5.41, 5.74) is 2.62. The molecule has 0 saturated carbocycles. The number of carbonyl (C=O) groups is 2. The Bertz CT molecular complexity index is 1130. The van der Waals surface area contributed by atoms with Crippen molar-refractivity contribution in [3.8, 4) is 11.1 Å². The molecule has 0 aromatic heterocycles. The van der Waals surface area contributed by atoms with Crippen molar-refractivity contribution in [2.45, 2.75) is 12.0 Å². The minimum atomic E-state index is -0.686. The molecule has 156 valence electrons. The van der Waals surface area contributed by atoms with Crippen molar-refractivity contribution in [3.63, 3.8) is 0 Å². The van der Waals surface area contributed by atoms with Gasteiger partial charge in [-0.15, -0.1) is 0 Å². The van der Waals surface area contributed by atoms with Crippen molar-refractivity contribution in [3.05, 3.63) is 89.4 Å². The highest BCUT2D eigenvalue weighted by Crippen LogP contribution is 2.36. The van der Waals surface area contributed by atoms with Crippen LogP contribution in [0, 0.1) is 0 Å². The Kier molecular flexibility index (Phi) is 4.91. The van der Waals surface area contributed by atoms with Gasteiger partial charge < -0.3 is 9.64 Å². The highest BCUT2D eigenvalue weighted by atomic mass is 35.5. The lowest BCUT2D eigenvalue weighted by Gasteiger charge is -2.23. The molecule has 1 atom stereocenters. The van der Waals surface area contributed by atoms with E-state index in [0.717, 1.165) is 16.8 Å². The molecule has 6 heteroatoms. The van der Waals surface area contributed by atoms with Gasteiger partial charge in [-0.2, -0.15) is 0 Å². The number of ether oxygens (including phenoxy) is 1. The van der Waals surface area contributed by atoms with Gasteiger partial charge in [-0.05, 0) is 41.5 Å². The van der Waals surface area contributed by atoms with E-state index >= 15 is 0 Å². The van der Waals surface area contributed by atoms with Crippen molar-refractivity contribution < 1.29 is 14.3 Å². The maximum atomic E-state index is 13.4. The Balaban J connectivity index is 1.36. The summed E-state index contributed by atoms with van der Waals surface area (Å²) in [5.74, 6) is -0.0441. The molecule has 2 saturated heterocycles. The molecule has 0 unspecified atom stereocenters. The average molecular weight is 433 g/mol. The first kappa shape index (κ1) is 19.6. The Morgan fingerprint density at radius 2 is 1.61 bits per heavy atom. The highest BCUT2D eigenvalue weighted by Gasteiger charge is 2.51. The van der Waals surface area contributed by atoms with E-state index in [2.05, 4.69) is 0 Å². The van der Waals surface area contributed by atoms with E-state index in [4.69, 9.17) is 16.3 Å². The van der Waals surface area contributed by atoms with Crippen LogP contribution in [0.3, 0.4) is 0 Å². The van der Waals surface area contributed by atoms with Gasteiger partial charge in [-0.3, -0.25) is 9.69 Å². The third-order valence-electron chi connectivity index (χ3n) is 5.95. The quantitative estimate of drug-likeness (QED) is 0.568. The summed E-state index contributed by atoms with van der Waals surface area (Å²) in [6.45, 7) is 1.34. The number of halogens is 1. The number of benzene rings is 3. The Hall–Kier alpha value is -3.31. The minimum Gasteiger partial charge on any atom is -0.439 e. The summed E-state index contributed by atoms with van der Waals surface area (Å²) in [6, 6.07) is 24.6. The summed E-state index contributed by atoms with van der Waals surface area (Å²) in [6.07, 6.45) is 0.225. The summed E-state index contributed by atoms with van der Waals surface area (Å²) in [4.78, 5) is 29.4. The first-order valence-corrected chi connectivity index (χ1v) is 10.6. The lowest BCUT2D eigenvalue weighted by atomic mass is 9.99. The van der Waals surface area contributed by atoms with Crippen molar-refractivity contribution in [2.75, 3.05) is 24.5 Å². The molecular formula is C25H21ClN2O3. The van der Waals surface area contributed by atoms with Crippen LogP contribution in [-0.4, -0.2) is 42.1 Å². The first-order valence-electron chi connectivity index (χ1n) is 10.2. The molecule has 31 heavy (non-hydrogen) atoms. The maximum absolute atomic E-state index is 13.4. The lowest BCUT2D eigenvalue weighted by Crippen LogP contribution is -2.39. The lowest BCUT2D eigenvalue weighted by molar-refractivity contribution is 0.0554. The zero-order valence-corrected chi connectivity index (χ0v) is 17.6. The van der Waals surface area contributed by atoms with E-state index in [0.29, 0.717) is 36.6 Å². The second-order valence-corrected chi connectivity index (χ2v) is 8.44. The predicted octanol–water partition coefficient (Wildman–Crippen LogP) is 5.25. The monoisotopic (exact) mass is 432 g/mol. The molecule has 2 amide bonds. The Morgan fingerprint density at radius 1 is 0.903 bits per heavy atom. The number of nitrogens with zero attached hydrogens (tertiary/aromatic N) is 2. The molecule has 0 radical (unpaired) electrons. The molecule has 5 rings (SSSR count). The Labute approximate surface area is 185 Å². The molecule has 3 aromatic carbocycles. The fraction of sp³-hybridized carbons (Fsp3) is 0.200. The number of anilines is 1. The number of carbonyl (C=O) groups excluding carboxylic acids is 2. The van der Waals surface area contributed by atoms with Crippen LogP contribution < -0.4 is 4.90 Å². The van der Waals surface area contributed by atoms with Gasteiger partial charge in [0.1, 0.15) is 0 Å². The van der Waals surface area contributed by atoms with Gasteiger partial charge in [0.2, 0.25) is 0 Å². The van der Waals surface area contributed by atoms with Crippen LogP contribution in [0.25, 0.3) is 11.1 Å². The van der Waals surface area contributed by atoms with E-state index < -0.39 is 5.60 Å². The standard InChI is InChI=1S/C25H21ClN2O3/c26-19-10-12-20(13-11-19)28-17-25(31-24(28)30)14-15-27(16-25)23(29)22-9-5-4-8-21(22)18-6-2-1-3-7-18/h1-13H,14-17H2/t25-/m0/s1. The fourth-order valence-corrected chi connectivity index (χ4v) is 4.51. The maximum Gasteiger partial charge on any atom is 0.415 e. The van der Waals surface area contributed by atoms with Crippen LogP contribution >= 0.6 is 11.6 Å².